The maximum Gasteiger partial charge on any atom is 0.416 e. The Hall–Kier alpha value is -3.67. The van der Waals surface area contributed by atoms with E-state index in [2.05, 4.69) is 9.88 Å². The second-order valence-corrected chi connectivity index (χ2v) is 9.70. The van der Waals surface area contributed by atoms with Crippen LogP contribution in [-0.4, -0.2) is 58.0 Å². The van der Waals surface area contributed by atoms with E-state index in [1.807, 2.05) is 12.1 Å². The van der Waals surface area contributed by atoms with Crippen molar-refractivity contribution in [1.29, 1.82) is 0 Å². The molecule has 0 radical (unpaired) electrons. The van der Waals surface area contributed by atoms with Gasteiger partial charge in [-0.2, -0.15) is 26.3 Å². The van der Waals surface area contributed by atoms with E-state index in [0.717, 1.165) is 24.5 Å². The molecule has 1 amide bonds. The van der Waals surface area contributed by atoms with Crippen molar-refractivity contribution in [2.75, 3.05) is 26.2 Å². The minimum absolute atomic E-state index is 0.0181. The van der Waals surface area contributed by atoms with Gasteiger partial charge in [-0.15, -0.1) is 0 Å². The van der Waals surface area contributed by atoms with E-state index in [9.17, 15) is 40.6 Å². The molecule has 1 saturated heterocycles. The number of hydrogen-bond acceptors (Lipinski definition) is 4. The van der Waals surface area contributed by atoms with Crippen molar-refractivity contribution in [3.05, 3.63) is 94.6 Å². The second-order valence-electron chi connectivity index (χ2n) is 9.70. The van der Waals surface area contributed by atoms with Gasteiger partial charge < -0.3 is 10.0 Å². The highest BCUT2D eigenvalue weighted by Gasteiger charge is 2.39. The zero-order chi connectivity index (χ0) is 29.1. The summed E-state index contributed by atoms with van der Waals surface area (Å²) in [6, 6.07) is 7.59. The molecule has 1 aliphatic rings. The summed E-state index contributed by atoms with van der Waals surface area (Å²) < 4.78 is 94.1. The van der Waals surface area contributed by atoms with Gasteiger partial charge in [-0.05, 0) is 73.3 Å². The number of nitrogens with zero attached hydrogens (tertiary/aromatic N) is 3. The van der Waals surface area contributed by atoms with E-state index < -0.39 is 52.6 Å². The van der Waals surface area contributed by atoms with Crippen molar-refractivity contribution >= 4 is 5.91 Å². The zero-order valence-corrected chi connectivity index (χ0v) is 21.1. The summed E-state index contributed by atoms with van der Waals surface area (Å²) in [5.74, 6) is -2.42. The molecule has 12 heteroatoms. The molecule has 0 spiro atoms. The summed E-state index contributed by atoms with van der Waals surface area (Å²) >= 11 is 0. The van der Waals surface area contributed by atoms with Gasteiger partial charge in [-0.3, -0.25) is 14.7 Å². The topological polar surface area (TPSA) is 56.7 Å². The number of piperazine rings is 1. The smallest absolute Gasteiger partial charge is 0.416 e. The fourth-order valence-corrected chi connectivity index (χ4v) is 4.82. The van der Waals surface area contributed by atoms with Crippen LogP contribution >= 0.6 is 0 Å². The van der Waals surface area contributed by atoms with Crippen LogP contribution in [0, 0.1) is 5.82 Å². The number of aromatic hydroxyl groups is 1. The highest BCUT2D eigenvalue weighted by atomic mass is 19.4. The van der Waals surface area contributed by atoms with Crippen LogP contribution in [0.5, 0.6) is 5.75 Å². The predicted octanol–water partition coefficient (Wildman–Crippen LogP) is 5.97. The molecule has 3 aromatic rings. The normalized spacial score (nSPS) is 16.8. The van der Waals surface area contributed by atoms with E-state index in [4.69, 9.17) is 0 Å². The van der Waals surface area contributed by atoms with Crippen LogP contribution in [0.4, 0.5) is 30.7 Å². The Balaban J connectivity index is 1.59. The van der Waals surface area contributed by atoms with Crippen molar-refractivity contribution in [3.8, 4) is 5.75 Å². The Bertz CT molecular complexity index is 1300. The molecule has 0 saturated carbocycles. The molecule has 0 unspecified atom stereocenters. The Morgan fingerprint density at radius 3 is 2.25 bits per heavy atom. The Kier molecular flexibility index (Phi) is 8.67. The van der Waals surface area contributed by atoms with Gasteiger partial charge in [0.1, 0.15) is 0 Å². The predicted molar refractivity (Wildman–Crippen MR) is 132 cm³/mol. The van der Waals surface area contributed by atoms with E-state index in [-0.39, 0.29) is 25.6 Å². The number of aromatic nitrogens is 1. The fourth-order valence-electron chi connectivity index (χ4n) is 4.82. The summed E-state index contributed by atoms with van der Waals surface area (Å²) in [4.78, 5) is 20.8. The SMILES string of the molecule is O=C(c1cc(C(F)(F)F)cc(C(F)(F)F)c1)N1CCN(CCCc2cccnc2)C[C@H]1Cc1ccc(F)c(O)c1. The fraction of sp³-hybridized carbons (Fsp3) is 0.357. The number of carbonyl (C=O) groups is 1. The highest BCUT2D eigenvalue weighted by Crippen LogP contribution is 2.37. The molecular formula is C28H26F7N3O2. The van der Waals surface area contributed by atoms with Gasteiger partial charge in [0.2, 0.25) is 0 Å². The van der Waals surface area contributed by atoms with E-state index in [1.54, 1.807) is 12.4 Å². The Labute approximate surface area is 225 Å². The molecule has 40 heavy (non-hydrogen) atoms. The van der Waals surface area contributed by atoms with Crippen molar-refractivity contribution in [3.63, 3.8) is 0 Å². The summed E-state index contributed by atoms with van der Waals surface area (Å²) in [6.45, 7) is 1.32. The zero-order valence-electron chi connectivity index (χ0n) is 21.1. The van der Waals surface area contributed by atoms with Gasteiger partial charge in [0.25, 0.3) is 5.91 Å². The molecule has 5 nitrogen and oxygen atoms in total. The number of rotatable bonds is 7. The highest BCUT2D eigenvalue weighted by molar-refractivity contribution is 5.95. The van der Waals surface area contributed by atoms with Gasteiger partial charge in [-0.1, -0.05) is 12.1 Å². The van der Waals surface area contributed by atoms with Crippen LogP contribution in [-0.2, 0) is 25.2 Å². The molecule has 4 rings (SSSR count). The van der Waals surface area contributed by atoms with E-state index in [0.29, 0.717) is 30.8 Å². The molecule has 2 heterocycles. The summed E-state index contributed by atoms with van der Waals surface area (Å²) in [5, 5.41) is 9.79. The van der Waals surface area contributed by atoms with E-state index >= 15 is 0 Å². The number of pyridine rings is 1. The minimum Gasteiger partial charge on any atom is -0.505 e. The minimum atomic E-state index is -5.09. The van der Waals surface area contributed by atoms with Crippen LogP contribution in [0.3, 0.4) is 0 Å². The molecule has 0 aliphatic carbocycles. The quantitative estimate of drug-likeness (QED) is 0.357. The maximum absolute atomic E-state index is 13.6. The van der Waals surface area contributed by atoms with Crippen LogP contribution in [0.15, 0.2) is 60.9 Å². The average molecular weight is 570 g/mol. The monoisotopic (exact) mass is 569 g/mol. The molecule has 1 atom stereocenters. The number of carbonyl (C=O) groups excluding carboxylic acids is 1. The first kappa shape index (κ1) is 29.3. The molecule has 1 N–H and O–H groups in total. The van der Waals surface area contributed by atoms with Gasteiger partial charge in [0.15, 0.2) is 11.6 Å². The number of halogens is 7. The first-order valence-corrected chi connectivity index (χ1v) is 12.5. The lowest BCUT2D eigenvalue weighted by Crippen LogP contribution is -2.56. The number of hydrogen-bond donors (Lipinski definition) is 1. The first-order valence-electron chi connectivity index (χ1n) is 12.5. The molecule has 1 aromatic heterocycles. The van der Waals surface area contributed by atoms with Crippen LogP contribution < -0.4 is 0 Å². The lowest BCUT2D eigenvalue weighted by atomic mass is 9.98. The maximum atomic E-state index is 13.6. The van der Waals surface area contributed by atoms with Crippen LogP contribution in [0.2, 0.25) is 0 Å². The van der Waals surface area contributed by atoms with E-state index in [1.165, 1.54) is 17.0 Å². The number of aryl methyl sites for hydroxylation is 1. The third-order valence-electron chi connectivity index (χ3n) is 6.81. The summed E-state index contributed by atoms with van der Waals surface area (Å²) in [5.41, 5.74) is -2.36. The standard InChI is InChI=1S/C28H26F7N3O2/c29-24-6-5-19(12-25(24)39)11-23-17-37(8-2-4-18-3-1-7-36-16-18)9-10-38(23)26(40)20-13-21(27(30,31)32)15-22(14-20)28(33,34)35/h1,3,5-7,12-16,23,39H,2,4,8-11,17H2/t23-/m1/s1. The molecule has 1 fully saturated rings. The molecule has 214 valence electrons. The first-order chi connectivity index (χ1) is 18.8. The van der Waals surface area contributed by atoms with Crippen molar-refractivity contribution < 1.29 is 40.6 Å². The second kappa shape index (κ2) is 11.8. The van der Waals surface area contributed by atoms with Gasteiger partial charge >= 0.3 is 12.4 Å². The number of phenols is 1. The third-order valence-corrected chi connectivity index (χ3v) is 6.81. The Morgan fingerprint density at radius 1 is 0.950 bits per heavy atom. The average Bonchev–Trinajstić information content (AvgIpc) is 2.90. The van der Waals surface area contributed by atoms with Crippen LogP contribution in [0.25, 0.3) is 0 Å². The summed E-state index contributed by atoms with van der Waals surface area (Å²) in [6.07, 6.45) is -5.16. The Morgan fingerprint density at radius 2 is 1.65 bits per heavy atom. The van der Waals surface area contributed by atoms with Gasteiger partial charge in [0, 0.05) is 43.6 Å². The number of phenolic OH excluding ortho intramolecular Hbond substituents is 1. The summed E-state index contributed by atoms with van der Waals surface area (Å²) in [7, 11) is 0. The number of amides is 1. The largest absolute Gasteiger partial charge is 0.505 e. The van der Waals surface area contributed by atoms with Crippen molar-refractivity contribution in [2.45, 2.75) is 37.7 Å². The molecule has 1 aliphatic heterocycles. The van der Waals surface area contributed by atoms with Crippen LogP contribution in [0.1, 0.15) is 39.0 Å². The van der Waals surface area contributed by atoms with Crippen molar-refractivity contribution in [2.24, 2.45) is 0 Å². The number of benzene rings is 2. The molecule has 2 aromatic carbocycles. The van der Waals surface area contributed by atoms with Gasteiger partial charge in [-0.25, -0.2) is 4.39 Å². The lowest BCUT2D eigenvalue weighted by molar-refractivity contribution is -0.143. The lowest BCUT2D eigenvalue weighted by Gasteiger charge is -2.42. The van der Waals surface area contributed by atoms with Gasteiger partial charge in [0.05, 0.1) is 11.1 Å². The number of alkyl halides is 6. The van der Waals surface area contributed by atoms with Crippen molar-refractivity contribution in [1.82, 2.24) is 14.8 Å². The molecular weight excluding hydrogens is 543 g/mol. The third kappa shape index (κ3) is 7.29. The molecule has 0 bridgehead atoms.